The Hall–Kier alpha value is -2.15. The van der Waals surface area contributed by atoms with Gasteiger partial charge in [-0.2, -0.15) is 0 Å². The predicted molar refractivity (Wildman–Crippen MR) is 76.8 cm³/mol. The summed E-state index contributed by atoms with van der Waals surface area (Å²) in [5.74, 6) is 0.0419. The van der Waals surface area contributed by atoms with Crippen molar-refractivity contribution >= 4 is 27.3 Å². The van der Waals surface area contributed by atoms with Crippen LogP contribution < -0.4 is 10.1 Å². The van der Waals surface area contributed by atoms with Crippen molar-refractivity contribution in [1.29, 1.82) is 0 Å². The van der Waals surface area contributed by atoms with E-state index in [1.807, 2.05) is 0 Å². The van der Waals surface area contributed by atoms with Crippen LogP contribution >= 0.6 is 15.9 Å². The lowest BCUT2D eigenvalue weighted by Crippen LogP contribution is -1.94. The average molecular weight is 341 g/mol. The lowest BCUT2D eigenvalue weighted by molar-refractivity contribution is -0.384. The second kappa shape index (κ2) is 5.87. The molecule has 0 aromatic heterocycles. The van der Waals surface area contributed by atoms with Gasteiger partial charge in [0.15, 0.2) is 0 Å². The first-order chi connectivity index (χ1) is 9.49. The number of hydrogen-bond acceptors (Lipinski definition) is 4. The molecule has 2 rings (SSSR count). The number of nitro benzene ring substituents is 1. The first kappa shape index (κ1) is 14.3. The van der Waals surface area contributed by atoms with Crippen molar-refractivity contribution in [3.8, 4) is 11.5 Å². The molecule has 0 unspecified atom stereocenters. The zero-order valence-electron chi connectivity index (χ0n) is 10.4. The summed E-state index contributed by atoms with van der Waals surface area (Å²) in [6.45, 7) is 0. The van der Waals surface area contributed by atoms with E-state index in [1.54, 1.807) is 19.2 Å². The van der Waals surface area contributed by atoms with Gasteiger partial charge in [-0.3, -0.25) is 10.1 Å². The van der Waals surface area contributed by atoms with E-state index in [1.165, 1.54) is 24.3 Å². The van der Waals surface area contributed by atoms with Crippen molar-refractivity contribution < 1.29 is 14.1 Å². The van der Waals surface area contributed by atoms with E-state index in [0.717, 1.165) is 0 Å². The number of non-ortho nitro benzene ring substituents is 1. The van der Waals surface area contributed by atoms with E-state index < -0.39 is 10.7 Å². The number of anilines is 1. The Morgan fingerprint density at radius 3 is 2.60 bits per heavy atom. The summed E-state index contributed by atoms with van der Waals surface area (Å²) in [4.78, 5) is 10.3. The van der Waals surface area contributed by atoms with Crippen LogP contribution in [0, 0.1) is 15.9 Å². The number of rotatable bonds is 4. The highest BCUT2D eigenvalue weighted by atomic mass is 79.9. The van der Waals surface area contributed by atoms with E-state index >= 15 is 0 Å². The largest absolute Gasteiger partial charge is 0.457 e. The molecular formula is C13H10BrFN2O3. The molecule has 1 N–H and O–H groups in total. The van der Waals surface area contributed by atoms with Gasteiger partial charge in [0.05, 0.1) is 15.5 Å². The van der Waals surface area contributed by atoms with Crippen molar-refractivity contribution in [1.82, 2.24) is 0 Å². The van der Waals surface area contributed by atoms with Gasteiger partial charge in [-0.15, -0.1) is 0 Å². The topological polar surface area (TPSA) is 64.4 Å². The third kappa shape index (κ3) is 3.24. The van der Waals surface area contributed by atoms with Crippen molar-refractivity contribution in [2.45, 2.75) is 0 Å². The number of halogens is 2. The molecule has 0 fully saturated rings. The smallest absolute Gasteiger partial charge is 0.275 e. The van der Waals surface area contributed by atoms with E-state index in [9.17, 15) is 14.5 Å². The van der Waals surface area contributed by atoms with Gasteiger partial charge in [-0.1, -0.05) is 0 Å². The molecule has 0 radical (unpaired) electrons. The van der Waals surface area contributed by atoms with Gasteiger partial charge in [0.25, 0.3) is 5.69 Å². The molecule has 0 saturated heterocycles. The Morgan fingerprint density at radius 2 is 2.00 bits per heavy atom. The molecule has 0 amide bonds. The highest BCUT2D eigenvalue weighted by Gasteiger charge is 2.11. The summed E-state index contributed by atoms with van der Waals surface area (Å²) in [5, 5.41) is 13.6. The standard InChI is InChI=1S/C13H10BrFN2O3/c1-16-8-4-9(17(18)19)6-11(5-8)20-10-2-3-12(14)13(15)7-10/h2-7,16H,1H3. The average Bonchev–Trinajstić information content (AvgIpc) is 2.42. The van der Waals surface area contributed by atoms with E-state index in [4.69, 9.17) is 4.74 Å². The van der Waals surface area contributed by atoms with Crippen LogP contribution in [0.4, 0.5) is 15.8 Å². The summed E-state index contributed by atoms with van der Waals surface area (Å²) in [5.41, 5.74) is 0.427. The Balaban J connectivity index is 2.34. The molecule has 0 bridgehead atoms. The maximum atomic E-state index is 13.4. The Bertz CT molecular complexity index is 664. The maximum absolute atomic E-state index is 13.4. The molecule has 104 valence electrons. The highest BCUT2D eigenvalue weighted by Crippen LogP contribution is 2.30. The van der Waals surface area contributed by atoms with Gasteiger partial charge in [-0.25, -0.2) is 4.39 Å². The second-order valence-electron chi connectivity index (χ2n) is 3.90. The van der Waals surface area contributed by atoms with Crippen LogP contribution in [-0.2, 0) is 0 Å². The van der Waals surface area contributed by atoms with E-state index in [2.05, 4.69) is 21.2 Å². The predicted octanol–water partition coefficient (Wildman–Crippen LogP) is 4.33. The molecule has 0 aliphatic carbocycles. The van der Waals surface area contributed by atoms with Crippen LogP contribution in [0.15, 0.2) is 40.9 Å². The SMILES string of the molecule is CNc1cc(Oc2ccc(Br)c(F)c2)cc([N+](=O)[O-])c1. The first-order valence-electron chi connectivity index (χ1n) is 5.60. The highest BCUT2D eigenvalue weighted by molar-refractivity contribution is 9.10. The molecule has 0 aliphatic rings. The minimum absolute atomic E-state index is 0.107. The Morgan fingerprint density at radius 1 is 1.25 bits per heavy atom. The second-order valence-corrected chi connectivity index (χ2v) is 4.76. The summed E-state index contributed by atoms with van der Waals surface area (Å²) in [7, 11) is 1.64. The normalized spacial score (nSPS) is 10.2. The minimum atomic E-state index is -0.518. The van der Waals surface area contributed by atoms with Gasteiger partial charge in [-0.05, 0) is 28.1 Å². The number of nitrogens with one attached hydrogen (secondary N) is 1. The van der Waals surface area contributed by atoms with E-state index in [0.29, 0.717) is 10.2 Å². The van der Waals surface area contributed by atoms with Gasteiger partial charge in [0.1, 0.15) is 17.3 Å². The number of nitro groups is 1. The van der Waals surface area contributed by atoms with Crippen molar-refractivity contribution in [2.24, 2.45) is 0 Å². The molecule has 0 heterocycles. The molecular weight excluding hydrogens is 331 g/mol. The van der Waals surface area contributed by atoms with Crippen LogP contribution in [0.5, 0.6) is 11.5 Å². The van der Waals surface area contributed by atoms with Crippen LogP contribution in [0.25, 0.3) is 0 Å². The fourth-order valence-electron chi connectivity index (χ4n) is 1.57. The fraction of sp³-hybridized carbons (Fsp3) is 0.0769. The van der Waals surface area contributed by atoms with Gasteiger partial charge < -0.3 is 10.1 Å². The van der Waals surface area contributed by atoms with Crippen LogP contribution in [0.2, 0.25) is 0 Å². The number of ether oxygens (including phenoxy) is 1. The summed E-state index contributed by atoms with van der Waals surface area (Å²) >= 11 is 3.04. The van der Waals surface area contributed by atoms with Crippen molar-refractivity contribution in [3.05, 3.63) is 56.8 Å². The summed E-state index contributed by atoms with van der Waals surface area (Å²) in [6.07, 6.45) is 0. The molecule has 7 heteroatoms. The summed E-state index contributed by atoms with van der Waals surface area (Å²) in [6, 6.07) is 8.51. The first-order valence-corrected chi connectivity index (χ1v) is 6.39. The third-order valence-electron chi connectivity index (χ3n) is 2.52. The van der Waals surface area contributed by atoms with Gasteiger partial charge in [0, 0.05) is 30.9 Å². The lowest BCUT2D eigenvalue weighted by Gasteiger charge is -2.08. The molecule has 0 spiro atoms. The Labute approximate surface area is 122 Å². The lowest BCUT2D eigenvalue weighted by atomic mass is 10.2. The molecule has 0 saturated carbocycles. The summed E-state index contributed by atoms with van der Waals surface area (Å²) < 4.78 is 19.1. The van der Waals surface area contributed by atoms with Crippen molar-refractivity contribution in [3.63, 3.8) is 0 Å². The number of nitrogens with zero attached hydrogens (tertiary/aromatic N) is 1. The van der Waals surface area contributed by atoms with Gasteiger partial charge >= 0.3 is 0 Å². The molecule has 2 aromatic rings. The third-order valence-corrected chi connectivity index (χ3v) is 3.16. The molecule has 0 aliphatic heterocycles. The zero-order chi connectivity index (χ0) is 14.7. The molecule has 20 heavy (non-hydrogen) atoms. The minimum Gasteiger partial charge on any atom is -0.457 e. The van der Waals surface area contributed by atoms with E-state index in [-0.39, 0.29) is 17.2 Å². The number of benzene rings is 2. The molecule has 5 nitrogen and oxygen atoms in total. The van der Waals surface area contributed by atoms with Crippen LogP contribution in [-0.4, -0.2) is 12.0 Å². The maximum Gasteiger partial charge on any atom is 0.275 e. The fourth-order valence-corrected chi connectivity index (χ4v) is 1.82. The van der Waals surface area contributed by atoms with Gasteiger partial charge in [0.2, 0.25) is 0 Å². The molecule has 0 atom stereocenters. The zero-order valence-corrected chi connectivity index (χ0v) is 12.0. The van der Waals surface area contributed by atoms with Crippen LogP contribution in [0.3, 0.4) is 0 Å². The quantitative estimate of drug-likeness (QED) is 0.664. The molecule has 2 aromatic carbocycles. The number of hydrogen-bond donors (Lipinski definition) is 1. The van der Waals surface area contributed by atoms with Crippen molar-refractivity contribution in [2.75, 3.05) is 12.4 Å². The Kier molecular flexibility index (Phi) is 4.19. The monoisotopic (exact) mass is 340 g/mol. The van der Waals surface area contributed by atoms with Crippen LogP contribution in [0.1, 0.15) is 0 Å².